The van der Waals surface area contributed by atoms with E-state index in [4.69, 9.17) is 9.47 Å². The molecule has 2 atom stereocenters. The second-order valence-electron chi connectivity index (χ2n) is 7.13. The third-order valence-electron chi connectivity index (χ3n) is 4.66. The van der Waals surface area contributed by atoms with Gasteiger partial charge in [-0.05, 0) is 31.5 Å². The van der Waals surface area contributed by atoms with E-state index in [9.17, 15) is 4.79 Å². The summed E-state index contributed by atoms with van der Waals surface area (Å²) in [6.45, 7) is 4.13. The minimum Gasteiger partial charge on any atom is -0.348 e. The summed E-state index contributed by atoms with van der Waals surface area (Å²) >= 11 is 0. The Morgan fingerprint density at radius 3 is 2.59 bits per heavy atom. The van der Waals surface area contributed by atoms with Crippen LogP contribution < -0.4 is 5.32 Å². The zero-order valence-electron chi connectivity index (χ0n) is 15.4. The first-order valence-electron chi connectivity index (χ1n) is 9.05. The van der Waals surface area contributed by atoms with Crippen LogP contribution in [0.15, 0.2) is 66.7 Å². The Bertz CT molecular complexity index is 956. The van der Waals surface area contributed by atoms with Gasteiger partial charge in [-0.2, -0.15) is 0 Å². The van der Waals surface area contributed by atoms with Crippen molar-refractivity contribution in [1.82, 2.24) is 10.3 Å². The Kier molecular flexibility index (Phi) is 4.64. The molecule has 1 aliphatic heterocycles. The van der Waals surface area contributed by atoms with Crippen LogP contribution in [0.2, 0.25) is 0 Å². The summed E-state index contributed by atoms with van der Waals surface area (Å²) in [6.07, 6.45) is -0.292. The Morgan fingerprint density at radius 2 is 1.78 bits per heavy atom. The van der Waals surface area contributed by atoms with Crippen molar-refractivity contribution in [1.29, 1.82) is 0 Å². The van der Waals surface area contributed by atoms with Crippen molar-refractivity contribution in [2.24, 2.45) is 0 Å². The highest BCUT2D eigenvalue weighted by Gasteiger charge is 2.38. The van der Waals surface area contributed by atoms with Crippen molar-refractivity contribution in [3.8, 4) is 0 Å². The van der Waals surface area contributed by atoms with Gasteiger partial charge in [0.05, 0.1) is 18.2 Å². The Hall–Kier alpha value is -2.76. The van der Waals surface area contributed by atoms with Crippen molar-refractivity contribution in [3.05, 3.63) is 78.0 Å². The fraction of sp³-hybridized carbons (Fsp3) is 0.273. The fourth-order valence-electron chi connectivity index (χ4n) is 3.30. The maximum atomic E-state index is 12.8. The van der Waals surface area contributed by atoms with E-state index in [1.165, 1.54) is 0 Å². The maximum absolute atomic E-state index is 12.8. The number of pyridine rings is 1. The van der Waals surface area contributed by atoms with Crippen LogP contribution in [-0.2, 0) is 9.47 Å². The van der Waals surface area contributed by atoms with E-state index in [-0.39, 0.29) is 18.1 Å². The molecule has 0 bridgehead atoms. The quantitative estimate of drug-likeness (QED) is 0.769. The minimum atomic E-state index is -0.705. The second-order valence-corrected chi connectivity index (χ2v) is 7.13. The van der Waals surface area contributed by atoms with Gasteiger partial charge in [0.1, 0.15) is 11.8 Å². The number of hydrogen-bond donors (Lipinski definition) is 1. The van der Waals surface area contributed by atoms with Crippen LogP contribution in [0.3, 0.4) is 0 Å². The number of aromatic nitrogens is 1. The molecule has 1 aromatic heterocycles. The Labute approximate surface area is 158 Å². The molecule has 0 saturated carbocycles. The number of hydrogen-bond acceptors (Lipinski definition) is 4. The molecule has 0 spiro atoms. The first kappa shape index (κ1) is 17.6. The predicted molar refractivity (Wildman–Crippen MR) is 103 cm³/mol. The second kappa shape index (κ2) is 7.10. The van der Waals surface area contributed by atoms with Gasteiger partial charge >= 0.3 is 0 Å². The number of para-hydroxylation sites is 1. The third-order valence-corrected chi connectivity index (χ3v) is 4.66. The van der Waals surface area contributed by atoms with Gasteiger partial charge in [0, 0.05) is 5.39 Å². The number of carbonyl (C=O) groups excluding carboxylic acids is 1. The van der Waals surface area contributed by atoms with Gasteiger partial charge in [-0.25, -0.2) is 4.98 Å². The van der Waals surface area contributed by atoms with E-state index in [2.05, 4.69) is 10.3 Å². The zero-order chi connectivity index (χ0) is 18.9. The first-order valence-corrected chi connectivity index (χ1v) is 9.05. The van der Waals surface area contributed by atoms with Gasteiger partial charge in [-0.1, -0.05) is 54.6 Å². The molecular formula is C22H22N2O3. The lowest BCUT2D eigenvalue weighted by atomic mass is 10.0. The van der Waals surface area contributed by atoms with Gasteiger partial charge in [-0.15, -0.1) is 0 Å². The van der Waals surface area contributed by atoms with Crippen molar-refractivity contribution >= 4 is 16.8 Å². The summed E-state index contributed by atoms with van der Waals surface area (Å²) < 4.78 is 11.9. The largest absolute Gasteiger partial charge is 0.348 e. The lowest BCUT2D eigenvalue weighted by Crippen LogP contribution is -2.52. The average Bonchev–Trinajstić information content (AvgIpc) is 2.69. The highest BCUT2D eigenvalue weighted by molar-refractivity contribution is 5.95. The Morgan fingerprint density at radius 1 is 1.04 bits per heavy atom. The van der Waals surface area contributed by atoms with Crippen LogP contribution >= 0.6 is 0 Å². The van der Waals surface area contributed by atoms with Crippen LogP contribution in [0.1, 0.15) is 36.0 Å². The zero-order valence-corrected chi connectivity index (χ0v) is 15.4. The van der Waals surface area contributed by atoms with Gasteiger partial charge in [0.2, 0.25) is 0 Å². The van der Waals surface area contributed by atoms with E-state index < -0.39 is 5.79 Å². The number of nitrogens with zero attached hydrogens (tertiary/aromatic N) is 1. The normalized spacial score (nSPS) is 21.7. The number of nitrogens with one attached hydrogen (secondary N) is 1. The third kappa shape index (κ3) is 3.84. The lowest BCUT2D eigenvalue weighted by molar-refractivity contribution is -0.284. The maximum Gasteiger partial charge on any atom is 0.270 e. The van der Waals surface area contributed by atoms with E-state index in [0.29, 0.717) is 12.3 Å². The van der Waals surface area contributed by atoms with Crippen LogP contribution in [0.25, 0.3) is 10.9 Å². The Balaban J connectivity index is 1.57. The number of amides is 1. The molecule has 5 heteroatoms. The number of benzene rings is 2. The van der Waals surface area contributed by atoms with Gasteiger partial charge < -0.3 is 14.8 Å². The molecule has 0 radical (unpaired) electrons. The molecule has 27 heavy (non-hydrogen) atoms. The molecule has 3 aromatic rings. The summed E-state index contributed by atoms with van der Waals surface area (Å²) in [4.78, 5) is 17.3. The number of ether oxygens (including phenoxy) is 2. The molecule has 0 unspecified atom stereocenters. The molecule has 1 saturated heterocycles. The highest BCUT2D eigenvalue weighted by Crippen LogP contribution is 2.33. The van der Waals surface area contributed by atoms with E-state index >= 15 is 0 Å². The molecule has 1 amide bonds. The fourth-order valence-corrected chi connectivity index (χ4v) is 3.30. The molecular weight excluding hydrogens is 340 g/mol. The molecule has 4 rings (SSSR count). The molecule has 0 aliphatic carbocycles. The number of rotatable bonds is 3. The average molecular weight is 362 g/mol. The van der Waals surface area contributed by atoms with Crippen molar-refractivity contribution < 1.29 is 14.3 Å². The smallest absolute Gasteiger partial charge is 0.270 e. The molecule has 138 valence electrons. The van der Waals surface area contributed by atoms with E-state index in [0.717, 1.165) is 16.5 Å². The SMILES string of the molecule is CC1(C)OC[C@@H](NC(=O)c2ccc3ccccc3n2)[C@@H](c2ccccc2)O1. The molecule has 1 N–H and O–H groups in total. The minimum absolute atomic E-state index is 0.237. The monoisotopic (exact) mass is 362 g/mol. The first-order chi connectivity index (χ1) is 13.0. The standard InChI is InChI=1S/C22H22N2O3/c1-22(2)26-14-19(20(27-22)16-9-4-3-5-10-16)24-21(25)18-13-12-15-8-6-7-11-17(15)23-18/h3-13,19-20H,14H2,1-2H3,(H,24,25)/t19-,20-/m1/s1. The summed E-state index contributed by atoms with van der Waals surface area (Å²) in [5, 5.41) is 4.04. The van der Waals surface area contributed by atoms with Gasteiger partial charge in [0.25, 0.3) is 5.91 Å². The number of fused-ring (bicyclic) bond motifs is 1. The summed E-state index contributed by atoms with van der Waals surface area (Å²) in [6, 6.07) is 21.0. The van der Waals surface area contributed by atoms with Crippen LogP contribution in [-0.4, -0.2) is 29.3 Å². The molecule has 5 nitrogen and oxygen atoms in total. The number of carbonyl (C=O) groups is 1. The van der Waals surface area contributed by atoms with Crippen molar-refractivity contribution in [3.63, 3.8) is 0 Å². The van der Waals surface area contributed by atoms with Crippen LogP contribution in [0.5, 0.6) is 0 Å². The van der Waals surface area contributed by atoms with Gasteiger partial charge in [0.15, 0.2) is 5.79 Å². The van der Waals surface area contributed by atoms with E-state index in [1.807, 2.05) is 74.5 Å². The van der Waals surface area contributed by atoms with Crippen LogP contribution in [0, 0.1) is 0 Å². The molecule has 1 aliphatic rings. The topological polar surface area (TPSA) is 60.5 Å². The van der Waals surface area contributed by atoms with Crippen molar-refractivity contribution in [2.75, 3.05) is 6.61 Å². The summed E-state index contributed by atoms with van der Waals surface area (Å²) in [5.41, 5.74) is 2.18. The molecule has 1 fully saturated rings. The predicted octanol–water partition coefficient (Wildman–Crippen LogP) is 3.86. The van der Waals surface area contributed by atoms with Crippen LogP contribution in [0.4, 0.5) is 0 Å². The van der Waals surface area contributed by atoms with Gasteiger partial charge in [-0.3, -0.25) is 4.79 Å². The lowest BCUT2D eigenvalue weighted by Gasteiger charge is -2.41. The van der Waals surface area contributed by atoms with Crippen molar-refractivity contribution in [2.45, 2.75) is 31.8 Å². The van der Waals surface area contributed by atoms with E-state index in [1.54, 1.807) is 6.07 Å². The molecule has 2 heterocycles. The highest BCUT2D eigenvalue weighted by atomic mass is 16.7. The summed E-state index contributed by atoms with van der Waals surface area (Å²) in [5.74, 6) is -0.943. The molecule has 2 aromatic carbocycles. The summed E-state index contributed by atoms with van der Waals surface area (Å²) in [7, 11) is 0.